The molecule has 1 N–H and O–H groups in total. The number of pyridine rings is 1. The SMILES string of the molecule is CC(=O)OC[C@@H](NC(=O)c1cc2c(Br)cncc2n1C)c1cccc(Cl)c1. The molecule has 0 bridgehead atoms. The molecule has 140 valence electrons. The zero-order valence-corrected chi connectivity index (χ0v) is 17.0. The Labute approximate surface area is 169 Å². The highest BCUT2D eigenvalue weighted by Crippen LogP contribution is 2.26. The lowest BCUT2D eigenvalue weighted by Crippen LogP contribution is -2.33. The summed E-state index contributed by atoms with van der Waals surface area (Å²) in [4.78, 5) is 28.3. The molecule has 3 aromatic rings. The van der Waals surface area contributed by atoms with Crippen LogP contribution >= 0.6 is 27.5 Å². The number of ether oxygens (including phenoxy) is 1. The topological polar surface area (TPSA) is 73.2 Å². The van der Waals surface area contributed by atoms with E-state index in [-0.39, 0.29) is 12.5 Å². The van der Waals surface area contributed by atoms with Crippen LogP contribution < -0.4 is 5.32 Å². The number of hydrogen-bond acceptors (Lipinski definition) is 4. The van der Waals surface area contributed by atoms with Crippen molar-refractivity contribution in [3.63, 3.8) is 0 Å². The van der Waals surface area contributed by atoms with Crippen LogP contribution in [0.4, 0.5) is 0 Å². The molecule has 6 nitrogen and oxygen atoms in total. The normalized spacial score (nSPS) is 12.0. The van der Waals surface area contributed by atoms with Crippen molar-refractivity contribution < 1.29 is 14.3 Å². The van der Waals surface area contributed by atoms with E-state index in [9.17, 15) is 9.59 Å². The molecule has 2 heterocycles. The average molecular weight is 451 g/mol. The molecule has 1 amide bonds. The van der Waals surface area contributed by atoms with Crippen LogP contribution in [0.25, 0.3) is 10.9 Å². The van der Waals surface area contributed by atoms with E-state index in [1.54, 1.807) is 48.3 Å². The van der Waals surface area contributed by atoms with Crippen molar-refractivity contribution in [3.05, 3.63) is 63.5 Å². The highest BCUT2D eigenvalue weighted by molar-refractivity contribution is 9.10. The molecule has 2 aromatic heterocycles. The van der Waals surface area contributed by atoms with Gasteiger partial charge in [-0.1, -0.05) is 23.7 Å². The molecule has 0 aliphatic rings. The van der Waals surface area contributed by atoms with Crippen molar-refractivity contribution in [1.82, 2.24) is 14.9 Å². The maximum atomic E-state index is 12.9. The number of aryl methyl sites for hydroxylation is 1. The van der Waals surface area contributed by atoms with E-state index in [1.807, 2.05) is 6.07 Å². The van der Waals surface area contributed by atoms with Crippen LogP contribution in [-0.2, 0) is 16.6 Å². The van der Waals surface area contributed by atoms with Gasteiger partial charge >= 0.3 is 5.97 Å². The number of carbonyl (C=O) groups is 2. The minimum atomic E-state index is -0.528. The monoisotopic (exact) mass is 449 g/mol. The van der Waals surface area contributed by atoms with Crippen LogP contribution in [0, 0.1) is 0 Å². The number of halogens is 2. The van der Waals surface area contributed by atoms with Crippen molar-refractivity contribution in [2.75, 3.05) is 6.61 Å². The molecule has 0 fully saturated rings. The average Bonchev–Trinajstić information content (AvgIpc) is 2.97. The molecule has 8 heteroatoms. The van der Waals surface area contributed by atoms with E-state index >= 15 is 0 Å². The third-order valence-corrected chi connectivity index (χ3v) is 5.03. The number of rotatable bonds is 5. The lowest BCUT2D eigenvalue weighted by molar-refractivity contribution is -0.141. The minimum Gasteiger partial charge on any atom is -0.463 e. The summed E-state index contributed by atoms with van der Waals surface area (Å²) >= 11 is 9.51. The quantitative estimate of drug-likeness (QED) is 0.596. The molecule has 0 saturated carbocycles. The molecule has 1 atom stereocenters. The molecule has 3 rings (SSSR count). The number of hydrogen-bond donors (Lipinski definition) is 1. The molecular formula is C19H17BrClN3O3. The van der Waals surface area contributed by atoms with Gasteiger partial charge in [0.1, 0.15) is 12.3 Å². The lowest BCUT2D eigenvalue weighted by Gasteiger charge is -2.19. The van der Waals surface area contributed by atoms with E-state index in [4.69, 9.17) is 16.3 Å². The van der Waals surface area contributed by atoms with Crippen LogP contribution in [0.5, 0.6) is 0 Å². The third kappa shape index (κ3) is 4.31. The Hall–Kier alpha value is -2.38. The summed E-state index contributed by atoms with van der Waals surface area (Å²) in [6.07, 6.45) is 3.38. The summed E-state index contributed by atoms with van der Waals surface area (Å²) in [7, 11) is 1.80. The molecular weight excluding hydrogens is 434 g/mol. The number of nitrogens with one attached hydrogen (secondary N) is 1. The first kappa shape index (κ1) is 19.4. The van der Waals surface area contributed by atoms with Crippen molar-refractivity contribution >= 4 is 50.3 Å². The summed E-state index contributed by atoms with van der Waals surface area (Å²) < 4.78 is 7.70. The van der Waals surface area contributed by atoms with Gasteiger partial charge in [0.05, 0.1) is 17.8 Å². The van der Waals surface area contributed by atoms with Gasteiger partial charge in [-0.15, -0.1) is 0 Å². The largest absolute Gasteiger partial charge is 0.463 e. The summed E-state index contributed by atoms with van der Waals surface area (Å²) in [5, 5.41) is 4.34. The van der Waals surface area contributed by atoms with E-state index in [1.165, 1.54) is 6.92 Å². The van der Waals surface area contributed by atoms with Gasteiger partial charge in [-0.25, -0.2) is 0 Å². The fourth-order valence-electron chi connectivity index (χ4n) is 2.80. The van der Waals surface area contributed by atoms with Crippen LogP contribution in [0.1, 0.15) is 29.0 Å². The standard InChI is InChI=1S/C19H17BrClN3O3/c1-11(25)27-10-16(12-4-3-5-13(21)6-12)23-19(26)17-7-14-15(20)8-22-9-18(14)24(17)2/h3-9,16H,10H2,1-2H3,(H,23,26)/t16-/m1/s1. The summed E-state index contributed by atoms with van der Waals surface area (Å²) in [6.45, 7) is 1.34. The predicted molar refractivity (Wildman–Crippen MR) is 107 cm³/mol. The Morgan fingerprint density at radius 1 is 1.33 bits per heavy atom. The Bertz CT molecular complexity index is 1020. The second-order valence-corrected chi connectivity index (χ2v) is 7.32. The first-order valence-corrected chi connectivity index (χ1v) is 9.32. The molecule has 1 aromatic carbocycles. The second kappa shape index (κ2) is 8.10. The second-order valence-electron chi connectivity index (χ2n) is 6.03. The fourth-order valence-corrected chi connectivity index (χ4v) is 3.44. The number of aromatic nitrogens is 2. The Kier molecular flexibility index (Phi) is 5.82. The van der Waals surface area contributed by atoms with Gasteiger partial charge in [-0.2, -0.15) is 0 Å². The summed E-state index contributed by atoms with van der Waals surface area (Å²) in [6, 6.07) is 8.34. The third-order valence-electron chi connectivity index (χ3n) is 4.16. The molecule has 0 unspecified atom stereocenters. The van der Waals surface area contributed by atoms with Gasteiger partial charge in [0.25, 0.3) is 5.91 Å². The highest BCUT2D eigenvalue weighted by Gasteiger charge is 2.21. The van der Waals surface area contributed by atoms with Crippen molar-refractivity contribution in [1.29, 1.82) is 0 Å². The maximum absolute atomic E-state index is 12.9. The molecule has 0 saturated heterocycles. The molecule has 0 aliphatic carbocycles. The van der Waals surface area contributed by atoms with E-state index in [0.29, 0.717) is 10.7 Å². The van der Waals surface area contributed by atoms with Gasteiger partial charge in [-0.3, -0.25) is 14.6 Å². The summed E-state index contributed by atoms with van der Waals surface area (Å²) in [5.41, 5.74) is 2.04. The van der Waals surface area contributed by atoms with Gasteiger partial charge < -0.3 is 14.6 Å². The van der Waals surface area contributed by atoms with E-state index < -0.39 is 12.0 Å². The zero-order valence-electron chi connectivity index (χ0n) is 14.7. The van der Waals surface area contributed by atoms with Crippen LogP contribution in [-0.4, -0.2) is 28.0 Å². The van der Waals surface area contributed by atoms with Gasteiger partial charge in [0.2, 0.25) is 0 Å². The number of fused-ring (bicyclic) bond motifs is 1. The molecule has 0 radical (unpaired) electrons. The number of nitrogens with zero attached hydrogens (tertiary/aromatic N) is 2. The van der Waals surface area contributed by atoms with Crippen molar-refractivity contribution in [3.8, 4) is 0 Å². The smallest absolute Gasteiger partial charge is 0.302 e. The zero-order chi connectivity index (χ0) is 19.6. The van der Waals surface area contributed by atoms with Crippen LogP contribution in [0.2, 0.25) is 5.02 Å². The first-order chi connectivity index (χ1) is 12.9. The Morgan fingerprint density at radius 2 is 2.11 bits per heavy atom. The maximum Gasteiger partial charge on any atom is 0.302 e. The van der Waals surface area contributed by atoms with E-state index in [2.05, 4.69) is 26.2 Å². The van der Waals surface area contributed by atoms with Crippen molar-refractivity contribution in [2.45, 2.75) is 13.0 Å². The van der Waals surface area contributed by atoms with Gasteiger partial charge in [0.15, 0.2) is 0 Å². The molecule has 0 spiro atoms. The van der Waals surface area contributed by atoms with E-state index in [0.717, 1.165) is 20.9 Å². The molecule has 0 aliphatic heterocycles. The number of esters is 1. The number of amides is 1. The fraction of sp³-hybridized carbons (Fsp3) is 0.211. The van der Waals surface area contributed by atoms with Gasteiger partial charge in [-0.05, 0) is 39.7 Å². The van der Waals surface area contributed by atoms with Crippen molar-refractivity contribution in [2.24, 2.45) is 7.05 Å². The van der Waals surface area contributed by atoms with Gasteiger partial charge in [0, 0.05) is 35.0 Å². The number of carbonyl (C=O) groups excluding carboxylic acids is 2. The Morgan fingerprint density at radius 3 is 2.78 bits per heavy atom. The molecule has 27 heavy (non-hydrogen) atoms. The minimum absolute atomic E-state index is 0.0105. The first-order valence-electron chi connectivity index (χ1n) is 8.15. The highest BCUT2D eigenvalue weighted by atomic mass is 79.9. The van der Waals surface area contributed by atoms with Crippen LogP contribution in [0.15, 0.2) is 47.2 Å². The lowest BCUT2D eigenvalue weighted by atomic mass is 10.1. The number of benzene rings is 1. The van der Waals surface area contributed by atoms with Crippen LogP contribution in [0.3, 0.4) is 0 Å². The predicted octanol–water partition coefficient (Wildman–Crippen LogP) is 4.02. The summed E-state index contributed by atoms with van der Waals surface area (Å²) in [5.74, 6) is -0.714. The Balaban J connectivity index is 1.91.